The lowest BCUT2D eigenvalue weighted by Crippen LogP contribution is -2.13. The van der Waals surface area contributed by atoms with Gasteiger partial charge in [-0.15, -0.1) is 0 Å². The van der Waals surface area contributed by atoms with Gasteiger partial charge in [-0.25, -0.2) is 4.98 Å². The fourth-order valence-electron chi connectivity index (χ4n) is 5.12. The molecule has 0 spiro atoms. The molecule has 5 aromatic rings. The van der Waals surface area contributed by atoms with Gasteiger partial charge >= 0.3 is 0 Å². The van der Waals surface area contributed by atoms with Crippen molar-refractivity contribution in [1.82, 2.24) is 9.55 Å². The zero-order valence-corrected chi connectivity index (χ0v) is 17.2. The predicted octanol–water partition coefficient (Wildman–Crippen LogP) is 6.50. The maximum absolute atomic E-state index is 5.09. The van der Waals surface area contributed by atoms with Gasteiger partial charge in [0.25, 0.3) is 0 Å². The van der Waals surface area contributed by atoms with E-state index >= 15 is 0 Å². The van der Waals surface area contributed by atoms with E-state index in [1.54, 1.807) is 0 Å². The lowest BCUT2D eigenvalue weighted by Gasteiger charge is -2.22. The summed E-state index contributed by atoms with van der Waals surface area (Å²) in [6.45, 7) is 2.39. The molecular weight excluding hydrogens is 364 g/mol. The molecule has 0 N–H and O–H groups in total. The predicted molar refractivity (Wildman–Crippen MR) is 124 cm³/mol. The van der Waals surface area contributed by atoms with Gasteiger partial charge in [0.1, 0.15) is 5.82 Å². The van der Waals surface area contributed by atoms with Gasteiger partial charge in [0, 0.05) is 6.42 Å². The molecule has 2 heteroatoms. The maximum Gasteiger partial charge on any atom is 0.118 e. The number of hydrogen-bond donors (Lipinski definition) is 0. The Balaban J connectivity index is 1.67. The largest absolute Gasteiger partial charge is 0.296 e. The van der Waals surface area contributed by atoms with E-state index in [9.17, 15) is 0 Å². The molecule has 2 nitrogen and oxygen atoms in total. The van der Waals surface area contributed by atoms with Crippen LogP contribution in [0, 0.1) is 5.92 Å². The highest BCUT2D eigenvalue weighted by atomic mass is 15.1. The van der Waals surface area contributed by atoms with Crippen molar-refractivity contribution in [3.05, 3.63) is 107 Å². The van der Waals surface area contributed by atoms with E-state index in [-0.39, 0.29) is 0 Å². The van der Waals surface area contributed by atoms with Gasteiger partial charge in [0.05, 0.1) is 16.7 Å². The third-order valence-electron chi connectivity index (χ3n) is 6.47. The van der Waals surface area contributed by atoms with Crippen molar-refractivity contribution in [2.24, 2.45) is 5.92 Å². The molecule has 1 aliphatic heterocycles. The highest BCUT2D eigenvalue weighted by Crippen LogP contribution is 2.33. The molecule has 2 heterocycles. The van der Waals surface area contributed by atoms with Crippen LogP contribution in [-0.4, -0.2) is 9.55 Å². The normalized spacial score (nSPS) is 16.1. The number of rotatable bonds is 0. The van der Waals surface area contributed by atoms with Crippen LogP contribution < -0.4 is 0 Å². The van der Waals surface area contributed by atoms with Crippen molar-refractivity contribution < 1.29 is 0 Å². The quantitative estimate of drug-likeness (QED) is 0.296. The minimum atomic E-state index is 0.562. The minimum absolute atomic E-state index is 0.562. The Morgan fingerprint density at radius 1 is 0.767 bits per heavy atom. The molecular formula is C28H24N2. The second-order valence-electron chi connectivity index (χ2n) is 8.60. The third-order valence-corrected chi connectivity index (χ3v) is 6.47. The Kier molecular flexibility index (Phi) is 3.98. The fraction of sp³-hybridized carbons (Fsp3) is 0.179. The van der Waals surface area contributed by atoms with E-state index in [1.165, 1.54) is 38.7 Å². The van der Waals surface area contributed by atoms with Crippen molar-refractivity contribution in [3.63, 3.8) is 0 Å². The zero-order valence-electron chi connectivity index (χ0n) is 17.2. The van der Waals surface area contributed by atoms with Crippen LogP contribution in [0.3, 0.4) is 0 Å². The second-order valence-corrected chi connectivity index (χ2v) is 8.60. The molecule has 0 fully saturated rings. The zero-order chi connectivity index (χ0) is 20.1. The lowest BCUT2D eigenvalue weighted by molar-refractivity contribution is 0.573. The Labute approximate surface area is 176 Å². The van der Waals surface area contributed by atoms with E-state index in [0.29, 0.717) is 5.92 Å². The Morgan fingerprint density at radius 2 is 1.57 bits per heavy atom. The molecule has 1 atom stereocenters. The summed E-state index contributed by atoms with van der Waals surface area (Å²) in [5, 5.41) is 2.72. The molecule has 4 aromatic carbocycles. The highest BCUT2D eigenvalue weighted by molar-refractivity contribution is 5.87. The maximum atomic E-state index is 5.09. The van der Waals surface area contributed by atoms with Crippen molar-refractivity contribution >= 4 is 21.8 Å². The van der Waals surface area contributed by atoms with Crippen LogP contribution in [0.1, 0.15) is 29.4 Å². The number of benzene rings is 4. The summed E-state index contributed by atoms with van der Waals surface area (Å²) >= 11 is 0. The van der Waals surface area contributed by atoms with Gasteiger partial charge in [-0.05, 0) is 64.4 Å². The van der Waals surface area contributed by atoms with Crippen LogP contribution in [0.2, 0.25) is 0 Å². The lowest BCUT2D eigenvalue weighted by atomic mass is 9.87. The number of aromatic nitrogens is 2. The number of hydrogen-bond acceptors (Lipinski definition) is 1. The van der Waals surface area contributed by atoms with Gasteiger partial charge in [-0.3, -0.25) is 4.57 Å². The molecule has 30 heavy (non-hydrogen) atoms. The third kappa shape index (κ3) is 2.75. The molecule has 1 aliphatic rings. The minimum Gasteiger partial charge on any atom is -0.296 e. The SMILES string of the molecule is CC1Cc2ccccc2-n2c(nc3ccccc32)Cc2ccc3ccccc3c2C1. The van der Waals surface area contributed by atoms with Gasteiger partial charge in [-0.2, -0.15) is 0 Å². The highest BCUT2D eigenvalue weighted by Gasteiger charge is 2.21. The molecule has 1 aromatic heterocycles. The molecule has 6 rings (SSSR count). The average Bonchev–Trinajstić information content (AvgIpc) is 3.13. The van der Waals surface area contributed by atoms with Crippen LogP contribution in [-0.2, 0) is 19.3 Å². The number of para-hydroxylation sites is 3. The molecule has 0 bridgehead atoms. The van der Waals surface area contributed by atoms with Crippen LogP contribution in [0.25, 0.3) is 27.5 Å². The molecule has 0 amide bonds. The fourth-order valence-corrected chi connectivity index (χ4v) is 5.12. The molecule has 0 saturated carbocycles. The number of fused-ring (bicyclic) bond motifs is 8. The summed E-state index contributed by atoms with van der Waals surface area (Å²) in [6, 6.07) is 30.8. The van der Waals surface area contributed by atoms with Crippen LogP contribution in [0.5, 0.6) is 0 Å². The first-order valence-electron chi connectivity index (χ1n) is 10.8. The second kappa shape index (κ2) is 6.84. The van der Waals surface area contributed by atoms with Crippen LogP contribution in [0.4, 0.5) is 0 Å². The van der Waals surface area contributed by atoms with Gasteiger partial charge < -0.3 is 0 Å². The van der Waals surface area contributed by atoms with E-state index in [1.807, 2.05) is 0 Å². The topological polar surface area (TPSA) is 17.8 Å². The van der Waals surface area contributed by atoms with Crippen molar-refractivity contribution in [3.8, 4) is 5.69 Å². The van der Waals surface area contributed by atoms with Gasteiger partial charge in [-0.1, -0.05) is 73.7 Å². The smallest absolute Gasteiger partial charge is 0.118 e. The van der Waals surface area contributed by atoms with E-state index < -0.39 is 0 Å². The summed E-state index contributed by atoms with van der Waals surface area (Å²) in [5.41, 5.74) is 7.82. The number of nitrogens with zero attached hydrogens (tertiary/aromatic N) is 2. The van der Waals surface area contributed by atoms with Crippen molar-refractivity contribution in [2.45, 2.75) is 26.2 Å². The van der Waals surface area contributed by atoms with Gasteiger partial charge in [0.15, 0.2) is 0 Å². The van der Waals surface area contributed by atoms with Crippen molar-refractivity contribution in [1.29, 1.82) is 0 Å². The average molecular weight is 389 g/mol. The van der Waals surface area contributed by atoms with Crippen molar-refractivity contribution in [2.75, 3.05) is 0 Å². The van der Waals surface area contributed by atoms with Gasteiger partial charge in [0.2, 0.25) is 0 Å². The standard InChI is InChI=1S/C28H24N2/c1-19-16-22-9-3-6-12-26(22)30-27-13-7-5-11-25(27)29-28(30)18-21-15-14-20-8-2-4-10-23(20)24(21)17-19/h2-15,19H,16-18H2,1H3. The molecule has 0 radical (unpaired) electrons. The summed E-state index contributed by atoms with van der Waals surface area (Å²) in [6.07, 6.45) is 2.99. The Morgan fingerprint density at radius 3 is 2.53 bits per heavy atom. The summed E-state index contributed by atoms with van der Waals surface area (Å²) in [7, 11) is 0. The first-order chi connectivity index (χ1) is 14.8. The molecule has 0 saturated heterocycles. The van der Waals surface area contributed by atoms with E-state index in [4.69, 9.17) is 4.98 Å². The molecule has 1 unspecified atom stereocenters. The van der Waals surface area contributed by atoms with Crippen LogP contribution in [0.15, 0.2) is 84.9 Å². The van der Waals surface area contributed by atoms with Crippen LogP contribution >= 0.6 is 0 Å². The monoisotopic (exact) mass is 388 g/mol. The first kappa shape index (κ1) is 17.5. The Bertz CT molecular complexity index is 1390. The Hall–Kier alpha value is -3.39. The van der Waals surface area contributed by atoms with E-state index in [0.717, 1.165) is 30.6 Å². The van der Waals surface area contributed by atoms with E-state index in [2.05, 4.69) is 96.4 Å². The summed E-state index contributed by atoms with van der Waals surface area (Å²) in [5.74, 6) is 1.68. The summed E-state index contributed by atoms with van der Waals surface area (Å²) in [4.78, 5) is 5.09. The summed E-state index contributed by atoms with van der Waals surface area (Å²) < 4.78 is 2.39. The first-order valence-corrected chi connectivity index (χ1v) is 10.8. The number of imidazole rings is 1. The molecule has 0 aliphatic carbocycles. The molecule has 146 valence electrons.